The zero-order valence-corrected chi connectivity index (χ0v) is 28.6. The summed E-state index contributed by atoms with van der Waals surface area (Å²) in [5.41, 5.74) is 0.812. The van der Waals surface area contributed by atoms with Gasteiger partial charge in [-0.2, -0.15) is 0 Å². The summed E-state index contributed by atoms with van der Waals surface area (Å²) < 4.78 is 69.4. The molecule has 2 aromatic heterocycles. The number of sulfonamides is 1. The summed E-state index contributed by atoms with van der Waals surface area (Å²) in [6, 6.07) is 10.8. The van der Waals surface area contributed by atoms with Crippen LogP contribution in [-0.4, -0.2) is 71.0 Å². The molecule has 256 valence electrons. The lowest BCUT2D eigenvalue weighted by molar-refractivity contribution is 0.0124. The fraction of sp³-hybridized carbons (Fsp3) is 0.412. The van der Waals surface area contributed by atoms with Gasteiger partial charge in [-0.25, -0.2) is 36.9 Å². The van der Waals surface area contributed by atoms with Crippen LogP contribution in [0.5, 0.6) is 11.6 Å². The fourth-order valence-corrected chi connectivity index (χ4v) is 6.96. The predicted octanol–water partition coefficient (Wildman–Crippen LogP) is 7.09. The summed E-state index contributed by atoms with van der Waals surface area (Å²) in [5.74, 6) is -0.250. The number of aryl methyl sites for hydroxylation is 1. The van der Waals surface area contributed by atoms with Crippen LogP contribution in [-0.2, 0) is 14.8 Å². The van der Waals surface area contributed by atoms with Crippen molar-refractivity contribution in [1.82, 2.24) is 19.9 Å². The first-order chi connectivity index (χ1) is 22.6. The maximum absolute atomic E-state index is 15.0. The third-order valence-electron chi connectivity index (χ3n) is 7.39. The number of pyridine rings is 1. The van der Waals surface area contributed by atoms with Gasteiger partial charge < -0.3 is 19.7 Å². The topological polar surface area (TPSA) is 136 Å². The zero-order valence-electron chi connectivity index (χ0n) is 27.8. The Morgan fingerprint density at radius 3 is 2.54 bits per heavy atom. The fourth-order valence-electron chi connectivity index (χ4n) is 5.48. The molecule has 1 saturated heterocycles. The molecule has 2 N–H and O–H groups in total. The Balaban J connectivity index is 1.42. The van der Waals surface area contributed by atoms with E-state index in [1.54, 1.807) is 77.3 Å². The highest BCUT2D eigenvalue weighted by Crippen LogP contribution is 2.40. The highest BCUT2D eigenvalue weighted by molar-refractivity contribution is 7.92. The molecule has 11 nitrogen and oxygen atoms in total. The number of hydrogen-bond donors (Lipinski definition) is 2. The number of piperidine rings is 1. The smallest absolute Gasteiger partial charge is 0.410 e. The highest BCUT2D eigenvalue weighted by atomic mass is 32.2. The van der Waals surface area contributed by atoms with Gasteiger partial charge >= 0.3 is 6.09 Å². The quantitative estimate of drug-likeness (QED) is 0.190. The monoisotopic (exact) mass is 682 g/mol. The van der Waals surface area contributed by atoms with Gasteiger partial charge in [0.15, 0.2) is 0 Å². The van der Waals surface area contributed by atoms with Crippen LogP contribution in [0.15, 0.2) is 54.9 Å². The molecule has 14 heteroatoms. The SMILES string of the molecule is Cc1ccc2c(NS(=O)(=O)CC(C)C)c(F)ccc2c1Oc1ncccc1-c1ccnc(N[C@@H]2C[C@@H](F)CN(C(=O)OC(C)(C)C)C2)n1. The normalized spacial score (nSPS) is 17.0. The molecule has 0 saturated carbocycles. The molecule has 2 aromatic carbocycles. The van der Waals surface area contributed by atoms with E-state index < -0.39 is 39.7 Å². The molecule has 1 aliphatic heterocycles. The Morgan fingerprint density at radius 2 is 1.81 bits per heavy atom. The van der Waals surface area contributed by atoms with Crippen LogP contribution in [0.1, 0.15) is 46.6 Å². The molecule has 1 fully saturated rings. The number of hydrogen-bond acceptors (Lipinski definition) is 9. The van der Waals surface area contributed by atoms with Gasteiger partial charge in [0, 0.05) is 42.2 Å². The van der Waals surface area contributed by atoms with Crippen LogP contribution in [0.2, 0.25) is 0 Å². The second kappa shape index (κ2) is 13.9. The molecule has 1 amide bonds. The lowest BCUT2D eigenvalue weighted by atomic mass is 10.0. The molecule has 0 spiro atoms. The van der Waals surface area contributed by atoms with Crippen molar-refractivity contribution in [3.05, 3.63) is 66.2 Å². The summed E-state index contributed by atoms with van der Waals surface area (Å²) in [5, 5.41) is 3.96. The number of aromatic nitrogens is 3. The van der Waals surface area contributed by atoms with E-state index in [1.807, 2.05) is 6.92 Å². The van der Waals surface area contributed by atoms with Crippen molar-refractivity contribution in [2.24, 2.45) is 5.92 Å². The van der Waals surface area contributed by atoms with Crippen molar-refractivity contribution in [3.63, 3.8) is 0 Å². The second-order valence-electron chi connectivity index (χ2n) is 13.3. The molecule has 5 rings (SSSR count). The largest absolute Gasteiger partial charge is 0.444 e. The lowest BCUT2D eigenvalue weighted by Crippen LogP contribution is -2.51. The molecule has 4 aromatic rings. The van der Waals surface area contributed by atoms with Crippen molar-refractivity contribution in [3.8, 4) is 22.9 Å². The second-order valence-corrected chi connectivity index (χ2v) is 15.1. The van der Waals surface area contributed by atoms with E-state index >= 15 is 4.39 Å². The number of nitrogens with one attached hydrogen (secondary N) is 2. The number of amides is 1. The first-order valence-corrected chi connectivity index (χ1v) is 17.3. The van der Waals surface area contributed by atoms with Gasteiger partial charge in [0.25, 0.3) is 0 Å². The van der Waals surface area contributed by atoms with Crippen LogP contribution in [0.4, 0.5) is 25.2 Å². The molecule has 3 heterocycles. The number of carbonyl (C=O) groups excluding carboxylic acids is 1. The average molecular weight is 683 g/mol. The van der Waals surface area contributed by atoms with Crippen LogP contribution in [0.3, 0.4) is 0 Å². The molecule has 0 aliphatic carbocycles. The van der Waals surface area contributed by atoms with Crippen molar-refractivity contribution in [2.75, 3.05) is 28.9 Å². The van der Waals surface area contributed by atoms with E-state index in [0.29, 0.717) is 33.3 Å². The van der Waals surface area contributed by atoms with Gasteiger partial charge in [-0.05, 0) is 69.5 Å². The van der Waals surface area contributed by atoms with E-state index in [-0.39, 0.29) is 48.7 Å². The van der Waals surface area contributed by atoms with Crippen LogP contribution in [0, 0.1) is 18.7 Å². The average Bonchev–Trinajstić information content (AvgIpc) is 2.98. The Labute approximate surface area is 279 Å². The van der Waals surface area contributed by atoms with Crippen LogP contribution >= 0.6 is 0 Å². The number of halogens is 2. The Hall–Kier alpha value is -4.59. The first-order valence-electron chi connectivity index (χ1n) is 15.7. The summed E-state index contributed by atoms with van der Waals surface area (Å²) in [4.78, 5) is 27.4. The Kier molecular flexibility index (Phi) is 10.0. The van der Waals surface area contributed by atoms with Gasteiger partial charge in [0.2, 0.25) is 21.9 Å². The maximum Gasteiger partial charge on any atom is 0.410 e. The number of benzene rings is 2. The lowest BCUT2D eigenvalue weighted by Gasteiger charge is -2.36. The molecular weight excluding hydrogens is 642 g/mol. The van der Waals surface area contributed by atoms with Gasteiger partial charge in [-0.3, -0.25) is 4.72 Å². The van der Waals surface area contributed by atoms with Crippen molar-refractivity contribution in [2.45, 2.75) is 65.8 Å². The Morgan fingerprint density at radius 1 is 1.06 bits per heavy atom. The van der Waals surface area contributed by atoms with Gasteiger partial charge in [-0.1, -0.05) is 26.0 Å². The summed E-state index contributed by atoms with van der Waals surface area (Å²) in [6.45, 7) is 10.8. The number of rotatable bonds is 9. The number of likely N-dealkylation sites (tertiary alicyclic amines) is 1. The van der Waals surface area contributed by atoms with Gasteiger partial charge in [0.1, 0.15) is 23.3 Å². The molecule has 1 aliphatic rings. The van der Waals surface area contributed by atoms with E-state index in [0.717, 1.165) is 0 Å². The van der Waals surface area contributed by atoms with E-state index in [2.05, 4.69) is 25.0 Å². The van der Waals surface area contributed by atoms with Gasteiger partial charge in [-0.15, -0.1) is 0 Å². The zero-order chi connectivity index (χ0) is 34.8. The maximum atomic E-state index is 15.0. The highest BCUT2D eigenvalue weighted by Gasteiger charge is 2.33. The van der Waals surface area contributed by atoms with Crippen molar-refractivity contribution < 1.29 is 31.5 Å². The van der Waals surface area contributed by atoms with Crippen LogP contribution < -0.4 is 14.8 Å². The summed E-state index contributed by atoms with van der Waals surface area (Å²) >= 11 is 0. The van der Waals surface area contributed by atoms with E-state index in [9.17, 15) is 17.6 Å². The number of carbonyl (C=O) groups is 1. The van der Waals surface area contributed by atoms with E-state index in [4.69, 9.17) is 9.47 Å². The third-order valence-corrected chi connectivity index (χ3v) is 9.01. The van der Waals surface area contributed by atoms with Crippen molar-refractivity contribution >= 4 is 38.5 Å². The molecular formula is C34H40F2N6O5S. The molecule has 48 heavy (non-hydrogen) atoms. The Bertz CT molecular complexity index is 1920. The standard InChI is InChI=1S/C34H40F2N6O5S/c1-20(2)19-48(44,45)41-29-24-10-9-21(3)30(25(24)11-12-27(29)36)46-31-26(8-7-14-37-31)28-13-15-38-32(40-28)39-23-16-22(35)17-42(18-23)33(43)47-34(4,5)6/h7-15,20,22-23,41H,16-19H2,1-6H3,(H,38,39,40)/t22-,23-/m1/s1. The minimum atomic E-state index is -3.81. The molecule has 0 radical (unpaired) electrons. The van der Waals surface area contributed by atoms with Crippen LogP contribution in [0.25, 0.3) is 22.0 Å². The van der Waals surface area contributed by atoms with Gasteiger partial charge in [0.05, 0.1) is 29.2 Å². The minimum Gasteiger partial charge on any atom is -0.444 e. The molecule has 2 atom stereocenters. The third kappa shape index (κ3) is 8.46. The summed E-state index contributed by atoms with van der Waals surface area (Å²) in [7, 11) is -3.81. The number of anilines is 2. The summed E-state index contributed by atoms with van der Waals surface area (Å²) in [6.07, 6.45) is 1.41. The van der Waals surface area contributed by atoms with Crippen molar-refractivity contribution in [1.29, 1.82) is 0 Å². The number of alkyl halides is 1. The van der Waals surface area contributed by atoms with E-state index in [1.165, 1.54) is 17.0 Å². The molecule has 0 bridgehead atoms. The first kappa shape index (κ1) is 34.7. The predicted molar refractivity (Wildman–Crippen MR) is 181 cm³/mol. The number of fused-ring (bicyclic) bond motifs is 1. The number of ether oxygens (including phenoxy) is 2. The molecule has 0 unspecified atom stereocenters. The number of nitrogens with zero attached hydrogens (tertiary/aromatic N) is 4. The minimum absolute atomic E-state index is 0.0596.